The number of pyridine rings is 1. The van der Waals surface area contributed by atoms with Crippen molar-refractivity contribution in [1.82, 2.24) is 4.98 Å². The Morgan fingerprint density at radius 3 is 1.59 bits per heavy atom. The molecule has 0 bridgehead atoms. The molecule has 2 rings (SSSR count). The highest BCUT2D eigenvalue weighted by molar-refractivity contribution is 5.93. The van der Waals surface area contributed by atoms with Crippen LogP contribution in [0.15, 0.2) is 60.9 Å². The van der Waals surface area contributed by atoms with E-state index in [0.29, 0.717) is 0 Å². The second-order valence-electron chi connectivity index (χ2n) is 2.95. The van der Waals surface area contributed by atoms with E-state index in [2.05, 4.69) is 4.98 Å². The Kier molecular flexibility index (Phi) is 9.34. The summed E-state index contributed by atoms with van der Waals surface area (Å²) in [5.41, 5.74) is 0.775. The Hall–Kier alpha value is -1.96. The molecule has 0 spiro atoms. The van der Waals surface area contributed by atoms with Gasteiger partial charge in [-0.15, -0.1) is 0 Å². The van der Waals surface area contributed by atoms with Crippen LogP contribution in [0.5, 0.6) is 0 Å². The molecule has 0 N–H and O–H groups in total. The van der Waals surface area contributed by atoms with Gasteiger partial charge < -0.3 is 0 Å². The Morgan fingerprint density at radius 1 is 0.882 bits per heavy atom. The first-order valence-electron chi connectivity index (χ1n) is 5.71. The van der Waals surface area contributed by atoms with Gasteiger partial charge in [0, 0.05) is 18.0 Å². The van der Waals surface area contributed by atoms with Gasteiger partial charge in [0.2, 0.25) is 0 Å². The van der Waals surface area contributed by atoms with Crippen LogP contribution in [0.2, 0.25) is 0 Å². The molecule has 0 saturated heterocycles. The third kappa shape index (κ3) is 7.91. The van der Waals surface area contributed by atoms with Gasteiger partial charge in [-0.25, -0.2) is 0 Å². The summed E-state index contributed by atoms with van der Waals surface area (Å²) in [5, 5.41) is 0. The SMILES string of the molecule is CC.CC(=O)c1ccccc1.c1ccncc1. The van der Waals surface area contributed by atoms with Crippen LogP contribution >= 0.6 is 0 Å². The Morgan fingerprint density at radius 2 is 1.35 bits per heavy atom. The number of benzene rings is 1. The third-order valence-electron chi connectivity index (χ3n) is 1.75. The summed E-state index contributed by atoms with van der Waals surface area (Å²) in [6.45, 7) is 5.56. The van der Waals surface area contributed by atoms with Crippen LogP contribution in [0.3, 0.4) is 0 Å². The third-order valence-corrected chi connectivity index (χ3v) is 1.75. The van der Waals surface area contributed by atoms with Crippen LogP contribution in [-0.4, -0.2) is 10.8 Å². The van der Waals surface area contributed by atoms with Gasteiger partial charge >= 0.3 is 0 Å². The van der Waals surface area contributed by atoms with Gasteiger partial charge in [-0.1, -0.05) is 50.2 Å². The summed E-state index contributed by atoms with van der Waals surface area (Å²) in [4.78, 5) is 14.4. The minimum absolute atomic E-state index is 0.121. The normalized spacial score (nSPS) is 7.94. The molecule has 1 aromatic carbocycles. The van der Waals surface area contributed by atoms with E-state index < -0.39 is 0 Å². The summed E-state index contributed by atoms with van der Waals surface area (Å²) < 4.78 is 0. The fourth-order valence-electron chi connectivity index (χ4n) is 0.985. The molecule has 0 aliphatic carbocycles. The van der Waals surface area contributed by atoms with E-state index in [4.69, 9.17) is 0 Å². The summed E-state index contributed by atoms with van der Waals surface area (Å²) in [5.74, 6) is 0.121. The number of carbonyl (C=O) groups excluding carboxylic acids is 1. The zero-order valence-corrected chi connectivity index (χ0v) is 10.6. The Labute approximate surface area is 103 Å². The fraction of sp³-hybridized carbons (Fsp3) is 0.200. The topological polar surface area (TPSA) is 30.0 Å². The highest BCUT2D eigenvalue weighted by Crippen LogP contribution is 1.97. The maximum atomic E-state index is 10.6. The van der Waals surface area contributed by atoms with Crippen molar-refractivity contribution in [1.29, 1.82) is 0 Å². The quantitative estimate of drug-likeness (QED) is 0.692. The number of hydrogen-bond donors (Lipinski definition) is 0. The molecule has 2 heteroatoms. The highest BCUT2D eigenvalue weighted by atomic mass is 16.1. The molecular weight excluding hydrogens is 210 g/mol. The van der Waals surface area contributed by atoms with Crippen molar-refractivity contribution in [2.24, 2.45) is 0 Å². The molecule has 0 unspecified atom stereocenters. The molecule has 1 heterocycles. The smallest absolute Gasteiger partial charge is 0.159 e. The molecule has 0 saturated carbocycles. The first-order chi connectivity index (χ1) is 8.30. The predicted octanol–water partition coefficient (Wildman–Crippen LogP) is 4.00. The fourth-order valence-corrected chi connectivity index (χ4v) is 0.985. The van der Waals surface area contributed by atoms with Crippen molar-refractivity contribution in [2.45, 2.75) is 20.8 Å². The van der Waals surface area contributed by atoms with Gasteiger partial charge in [0.05, 0.1) is 0 Å². The van der Waals surface area contributed by atoms with Gasteiger partial charge in [-0.3, -0.25) is 9.78 Å². The molecule has 2 nitrogen and oxygen atoms in total. The summed E-state index contributed by atoms with van der Waals surface area (Å²) >= 11 is 0. The maximum Gasteiger partial charge on any atom is 0.159 e. The lowest BCUT2D eigenvalue weighted by Gasteiger charge is -1.89. The number of nitrogens with zero attached hydrogens (tertiary/aromatic N) is 1. The van der Waals surface area contributed by atoms with E-state index in [1.807, 2.05) is 62.4 Å². The number of Topliss-reactive ketones (excluding diaryl/α,β-unsaturated/α-hetero) is 1. The van der Waals surface area contributed by atoms with Crippen LogP contribution in [0.1, 0.15) is 31.1 Å². The Balaban J connectivity index is 0.000000278. The van der Waals surface area contributed by atoms with Crippen molar-refractivity contribution in [3.8, 4) is 0 Å². The number of hydrogen-bond acceptors (Lipinski definition) is 2. The van der Waals surface area contributed by atoms with Crippen LogP contribution in [-0.2, 0) is 0 Å². The lowest BCUT2D eigenvalue weighted by Crippen LogP contribution is -1.88. The molecule has 0 aliphatic heterocycles. The van der Waals surface area contributed by atoms with E-state index in [-0.39, 0.29) is 5.78 Å². The number of carbonyl (C=O) groups is 1. The van der Waals surface area contributed by atoms with Gasteiger partial charge in [0.15, 0.2) is 5.78 Å². The van der Waals surface area contributed by atoms with Crippen molar-refractivity contribution in [3.05, 3.63) is 66.5 Å². The second kappa shape index (κ2) is 10.6. The van der Waals surface area contributed by atoms with Crippen LogP contribution in [0.4, 0.5) is 0 Å². The van der Waals surface area contributed by atoms with Crippen LogP contribution in [0, 0.1) is 0 Å². The molecular formula is C15H19NO. The van der Waals surface area contributed by atoms with Crippen molar-refractivity contribution in [3.63, 3.8) is 0 Å². The average Bonchev–Trinajstić information content (AvgIpc) is 2.44. The van der Waals surface area contributed by atoms with E-state index in [1.165, 1.54) is 0 Å². The average molecular weight is 229 g/mol. The maximum absolute atomic E-state index is 10.6. The minimum atomic E-state index is 0.121. The standard InChI is InChI=1S/C8H8O.C5H5N.C2H6/c1-7(9)8-5-3-2-4-6-8;1-2-4-6-5-3-1;1-2/h2-6H,1H3;1-5H;1-2H3. The van der Waals surface area contributed by atoms with Gasteiger partial charge in [-0.2, -0.15) is 0 Å². The van der Waals surface area contributed by atoms with E-state index in [0.717, 1.165) is 5.56 Å². The predicted molar refractivity (Wildman–Crippen MR) is 72.0 cm³/mol. The van der Waals surface area contributed by atoms with E-state index >= 15 is 0 Å². The van der Waals surface area contributed by atoms with Crippen molar-refractivity contribution in [2.75, 3.05) is 0 Å². The second-order valence-corrected chi connectivity index (χ2v) is 2.95. The monoisotopic (exact) mass is 229 g/mol. The lowest BCUT2D eigenvalue weighted by atomic mass is 10.2. The molecule has 0 amide bonds. The highest BCUT2D eigenvalue weighted by Gasteiger charge is 1.92. The first kappa shape index (κ1) is 15.0. The summed E-state index contributed by atoms with van der Waals surface area (Å²) in [6, 6.07) is 14.9. The number of aromatic nitrogens is 1. The van der Waals surface area contributed by atoms with Crippen molar-refractivity contribution >= 4 is 5.78 Å². The largest absolute Gasteiger partial charge is 0.295 e. The first-order valence-corrected chi connectivity index (χ1v) is 5.71. The molecule has 17 heavy (non-hydrogen) atoms. The molecule has 0 atom stereocenters. The van der Waals surface area contributed by atoms with Gasteiger partial charge in [0.1, 0.15) is 0 Å². The van der Waals surface area contributed by atoms with E-state index in [9.17, 15) is 4.79 Å². The minimum Gasteiger partial charge on any atom is -0.295 e. The van der Waals surface area contributed by atoms with Crippen molar-refractivity contribution < 1.29 is 4.79 Å². The van der Waals surface area contributed by atoms with Gasteiger partial charge in [0.25, 0.3) is 0 Å². The van der Waals surface area contributed by atoms with Crippen LogP contribution in [0.25, 0.3) is 0 Å². The zero-order valence-electron chi connectivity index (χ0n) is 10.6. The number of rotatable bonds is 1. The molecule has 90 valence electrons. The zero-order chi connectivity index (χ0) is 12.9. The Bertz CT molecular complexity index is 357. The lowest BCUT2D eigenvalue weighted by molar-refractivity contribution is 0.101. The molecule has 1 aromatic heterocycles. The summed E-state index contributed by atoms with van der Waals surface area (Å²) in [7, 11) is 0. The molecule has 2 aromatic rings. The summed E-state index contributed by atoms with van der Waals surface area (Å²) in [6.07, 6.45) is 3.50. The molecule has 0 fully saturated rings. The number of ketones is 1. The van der Waals surface area contributed by atoms with Crippen LogP contribution < -0.4 is 0 Å². The molecule has 0 aliphatic rings. The van der Waals surface area contributed by atoms with Gasteiger partial charge in [-0.05, 0) is 19.1 Å². The van der Waals surface area contributed by atoms with E-state index in [1.54, 1.807) is 19.3 Å². The molecule has 0 radical (unpaired) electrons.